The minimum atomic E-state index is -0.663. The number of rotatable bonds is 1. The van der Waals surface area contributed by atoms with E-state index in [9.17, 15) is 15.0 Å². The standard InChI is InChI=1S/C31H50O4/c1-26(2)13-15-31(25(34)35-8)16-14-29(6)19(20(31)17-26)9-10-23-28(5)18-21(32)24(33)27(3,4)22(28)11-12-30(23,29)7/h9,20-24,32-33H,10-18H2,1-8H3/t20?,21-,22?,23?,24+,28+,29-,30-,31+/m1/s1. The van der Waals surface area contributed by atoms with Crippen LogP contribution in [0.4, 0.5) is 0 Å². The van der Waals surface area contributed by atoms with Gasteiger partial charge in [0.25, 0.3) is 0 Å². The van der Waals surface area contributed by atoms with Crippen LogP contribution >= 0.6 is 0 Å². The first kappa shape index (κ1) is 25.8. The Labute approximate surface area is 213 Å². The summed E-state index contributed by atoms with van der Waals surface area (Å²) in [4.78, 5) is 13.4. The molecule has 0 saturated heterocycles. The molecular weight excluding hydrogens is 436 g/mol. The van der Waals surface area contributed by atoms with Crippen LogP contribution in [0.1, 0.15) is 106 Å². The van der Waals surface area contributed by atoms with Gasteiger partial charge >= 0.3 is 5.97 Å². The van der Waals surface area contributed by atoms with E-state index in [1.54, 1.807) is 12.7 Å². The van der Waals surface area contributed by atoms with Gasteiger partial charge < -0.3 is 14.9 Å². The second-order valence-electron chi connectivity index (χ2n) is 15.4. The van der Waals surface area contributed by atoms with Crippen molar-refractivity contribution >= 4 is 5.97 Å². The van der Waals surface area contributed by atoms with Crippen molar-refractivity contribution in [3.63, 3.8) is 0 Å². The number of fused-ring (bicyclic) bond motifs is 7. The third kappa shape index (κ3) is 3.14. The van der Waals surface area contributed by atoms with Gasteiger partial charge in [0, 0.05) is 0 Å². The van der Waals surface area contributed by atoms with E-state index in [1.165, 1.54) is 0 Å². The SMILES string of the molecule is COC(=O)[C@]12CCC(C)(C)CC1C1=CCC3[C@@]4(C)C[C@@H](O)[C@H](O)C(C)(C)C4CC[C@@]3(C)[C@]1(C)CC2. The molecule has 5 aliphatic rings. The van der Waals surface area contributed by atoms with E-state index in [2.05, 4.69) is 54.5 Å². The molecule has 0 radical (unpaired) electrons. The Bertz CT molecular complexity index is 934. The first-order valence-corrected chi connectivity index (χ1v) is 14.2. The Hall–Kier alpha value is -0.870. The van der Waals surface area contributed by atoms with Gasteiger partial charge in [0.15, 0.2) is 0 Å². The van der Waals surface area contributed by atoms with Gasteiger partial charge in [-0.05, 0) is 103 Å². The molecule has 4 fully saturated rings. The molecule has 3 unspecified atom stereocenters. The topological polar surface area (TPSA) is 66.8 Å². The number of allylic oxidation sites excluding steroid dienone is 2. The second-order valence-corrected chi connectivity index (χ2v) is 15.4. The summed E-state index contributed by atoms with van der Waals surface area (Å²) in [6, 6.07) is 0. The molecule has 35 heavy (non-hydrogen) atoms. The monoisotopic (exact) mass is 486 g/mol. The van der Waals surface area contributed by atoms with Crippen LogP contribution in [0.2, 0.25) is 0 Å². The molecule has 9 atom stereocenters. The fourth-order valence-electron chi connectivity index (χ4n) is 11.0. The Morgan fingerprint density at radius 1 is 0.914 bits per heavy atom. The third-order valence-electron chi connectivity index (χ3n) is 13.2. The first-order chi connectivity index (χ1) is 16.1. The van der Waals surface area contributed by atoms with Crippen molar-refractivity contribution in [1.29, 1.82) is 0 Å². The lowest BCUT2D eigenvalue weighted by atomic mass is 9.33. The van der Waals surface area contributed by atoms with Crippen molar-refractivity contribution in [2.24, 2.45) is 50.2 Å². The maximum atomic E-state index is 13.4. The first-order valence-electron chi connectivity index (χ1n) is 14.2. The highest BCUT2D eigenvalue weighted by atomic mass is 16.5. The van der Waals surface area contributed by atoms with E-state index in [0.29, 0.717) is 18.3 Å². The summed E-state index contributed by atoms with van der Waals surface area (Å²) in [6.45, 7) is 16.6. The largest absolute Gasteiger partial charge is 0.469 e. The van der Waals surface area contributed by atoms with Crippen LogP contribution in [0.3, 0.4) is 0 Å². The molecule has 0 heterocycles. The fraction of sp³-hybridized carbons (Fsp3) is 0.903. The van der Waals surface area contributed by atoms with Gasteiger partial charge in [-0.3, -0.25) is 4.79 Å². The molecular formula is C31H50O4. The molecule has 0 aliphatic heterocycles. The normalized spacial score (nSPS) is 52.2. The number of aliphatic hydroxyl groups excluding tert-OH is 2. The minimum Gasteiger partial charge on any atom is -0.469 e. The average Bonchev–Trinajstić information content (AvgIpc) is 2.77. The van der Waals surface area contributed by atoms with Crippen LogP contribution in [0.5, 0.6) is 0 Å². The van der Waals surface area contributed by atoms with Crippen LogP contribution in [0.25, 0.3) is 0 Å². The zero-order valence-electron chi connectivity index (χ0n) is 23.5. The highest BCUT2D eigenvalue weighted by Gasteiger charge is 2.70. The van der Waals surface area contributed by atoms with Gasteiger partial charge in [0.2, 0.25) is 0 Å². The van der Waals surface area contributed by atoms with Crippen molar-refractivity contribution in [2.45, 2.75) is 118 Å². The molecule has 0 aromatic carbocycles. The molecule has 5 aliphatic carbocycles. The van der Waals surface area contributed by atoms with E-state index in [0.717, 1.165) is 51.4 Å². The lowest BCUT2D eigenvalue weighted by Gasteiger charge is -2.71. The maximum Gasteiger partial charge on any atom is 0.312 e. The molecule has 4 nitrogen and oxygen atoms in total. The van der Waals surface area contributed by atoms with E-state index in [-0.39, 0.29) is 44.4 Å². The van der Waals surface area contributed by atoms with Crippen molar-refractivity contribution < 1.29 is 19.7 Å². The molecule has 5 rings (SSSR count). The zero-order chi connectivity index (χ0) is 25.8. The van der Waals surface area contributed by atoms with Crippen molar-refractivity contribution in [1.82, 2.24) is 0 Å². The quantitative estimate of drug-likeness (QED) is 0.337. The van der Waals surface area contributed by atoms with Crippen molar-refractivity contribution in [3.05, 3.63) is 11.6 Å². The van der Waals surface area contributed by atoms with Crippen LogP contribution in [-0.2, 0) is 9.53 Å². The minimum absolute atomic E-state index is 0.00929. The Morgan fingerprint density at radius 3 is 2.23 bits per heavy atom. The Morgan fingerprint density at radius 2 is 1.57 bits per heavy atom. The smallest absolute Gasteiger partial charge is 0.312 e. The molecule has 198 valence electrons. The van der Waals surface area contributed by atoms with Gasteiger partial charge in [-0.1, -0.05) is 60.1 Å². The number of carbonyl (C=O) groups is 1. The predicted molar refractivity (Wildman–Crippen MR) is 138 cm³/mol. The molecule has 4 heteroatoms. The van der Waals surface area contributed by atoms with Gasteiger partial charge in [-0.2, -0.15) is 0 Å². The van der Waals surface area contributed by atoms with Crippen molar-refractivity contribution in [3.8, 4) is 0 Å². The molecule has 0 aromatic rings. The summed E-state index contributed by atoms with van der Waals surface area (Å²) in [7, 11) is 1.57. The van der Waals surface area contributed by atoms with Crippen LogP contribution in [-0.4, -0.2) is 35.5 Å². The summed E-state index contributed by atoms with van der Waals surface area (Å²) < 4.78 is 5.48. The van der Waals surface area contributed by atoms with E-state index < -0.39 is 12.2 Å². The van der Waals surface area contributed by atoms with E-state index in [4.69, 9.17) is 4.74 Å². The molecule has 0 bridgehead atoms. The summed E-state index contributed by atoms with van der Waals surface area (Å²) >= 11 is 0. The number of carbonyl (C=O) groups excluding carboxylic acids is 1. The van der Waals surface area contributed by atoms with Crippen LogP contribution in [0, 0.1) is 50.2 Å². The van der Waals surface area contributed by atoms with Gasteiger partial charge in [0.05, 0.1) is 24.7 Å². The summed E-state index contributed by atoms with van der Waals surface area (Å²) in [5, 5.41) is 21.9. The third-order valence-corrected chi connectivity index (χ3v) is 13.2. The number of ether oxygens (including phenoxy) is 1. The summed E-state index contributed by atoms with van der Waals surface area (Å²) in [5.41, 5.74) is 1.26. The number of methoxy groups -OCH3 is 1. The molecule has 0 spiro atoms. The summed E-state index contributed by atoms with van der Waals surface area (Å²) in [5.74, 6) is 1.13. The number of aliphatic hydroxyl groups is 2. The van der Waals surface area contributed by atoms with Gasteiger partial charge in [0.1, 0.15) is 0 Å². The van der Waals surface area contributed by atoms with Crippen LogP contribution in [0.15, 0.2) is 11.6 Å². The van der Waals surface area contributed by atoms with E-state index in [1.807, 2.05) is 0 Å². The summed E-state index contributed by atoms with van der Waals surface area (Å²) in [6.07, 6.45) is 10.2. The maximum absolute atomic E-state index is 13.4. The lowest BCUT2D eigenvalue weighted by molar-refractivity contribution is -0.232. The predicted octanol–water partition coefficient (Wildman–Crippen LogP) is 6.29. The number of esters is 1. The highest BCUT2D eigenvalue weighted by molar-refractivity contribution is 5.78. The Kier molecular flexibility index (Phi) is 5.59. The fourth-order valence-corrected chi connectivity index (χ4v) is 11.0. The zero-order valence-corrected chi connectivity index (χ0v) is 23.5. The average molecular weight is 487 g/mol. The highest BCUT2D eigenvalue weighted by Crippen LogP contribution is 2.75. The number of hydrogen-bond donors (Lipinski definition) is 2. The molecule has 0 aromatic heterocycles. The van der Waals surface area contributed by atoms with E-state index >= 15 is 0 Å². The molecule has 2 N–H and O–H groups in total. The second kappa shape index (κ2) is 7.59. The molecule has 0 amide bonds. The van der Waals surface area contributed by atoms with Gasteiger partial charge in [-0.15, -0.1) is 0 Å². The van der Waals surface area contributed by atoms with Crippen molar-refractivity contribution in [2.75, 3.05) is 7.11 Å². The Balaban J connectivity index is 1.61. The van der Waals surface area contributed by atoms with Crippen LogP contribution < -0.4 is 0 Å². The number of hydrogen-bond acceptors (Lipinski definition) is 4. The van der Waals surface area contributed by atoms with Gasteiger partial charge in [-0.25, -0.2) is 0 Å². The lowest BCUT2D eigenvalue weighted by Crippen LogP contribution is -2.67. The molecule has 4 saturated carbocycles.